The SMILES string of the molecule is O=C1[C@H]2C(c3ccc(Cl)cc3)=NO[C@H]2[C@@H]2c3ccccc3C[C@@H](c3ccccc3)N12. The van der Waals surface area contributed by atoms with E-state index < -0.39 is 5.92 Å². The molecule has 0 bridgehead atoms. The van der Waals surface area contributed by atoms with Gasteiger partial charge in [-0.05, 0) is 35.2 Å². The summed E-state index contributed by atoms with van der Waals surface area (Å²) in [5, 5.41) is 5.01. The minimum atomic E-state index is -0.409. The third-order valence-electron chi connectivity index (χ3n) is 6.47. The molecule has 0 aromatic heterocycles. The summed E-state index contributed by atoms with van der Waals surface area (Å²) in [5.41, 5.74) is 5.16. The van der Waals surface area contributed by atoms with Crippen LogP contribution in [0, 0.1) is 5.92 Å². The predicted molar refractivity (Wildman–Crippen MR) is 115 cm³/mol. The Morgan fingerprint density at radius 2 is 1.67 bits per heavy atom. The maximum atomic E-state index is 13.8. The van der Waals surface area contributed by atoms with Gasteiger partial charge >= 0.3 is 0 Å². The molecule has 0 saturated carbocycles. The zero-order chi connectivity index (χ0) is 20.2. The van der Waals surface area contributed by atoms with E-state index in [2.05, 4.69) is 35.5 Å². The second-order valence-corrected chi connectivity index (χ2v) is 8.49. The van der Waals surface area contributed by atoms with Gasteiger partial charge in [0.15, 0.2) is 6.10 Å². The number of fused-ring (bicyclic) bond motifs is 5. The summed E-state index contributed by atoms with van der Waals surface area (Å²) < 4.78 is 0. The highest BCUT2D eigenvalue weighted by molar-refractivity contribution is 6.30. The number of carbonyl (C=O) groups is 1. The Kier molecular flexibility index (Phi) is 3.96. The molecule has 3 aliphatic rings. The van der Waals surface area contributed by atoms with Gasteiger partial charge in [-0.2, -0.15) is 0 Å². The van der Waals surface area contributed by atoms with Gasteiger partial charge in [-0.15, -0.1) is 0 Å². The normalized spacial score (nSPS) is 26.5. The molecule has 1 fully saturated rings. The first-order chi connectivity index (χ1) is 14.7. The fourth-order valence-electron chi connectivity index (χ4n) is 5.14. The van der Waals surface area contributed by atoms with Gasteiger partial charge in [0.1, 0.15) is 11.6 Å². The lowest BCUT2D eigenvalue weighted by Crippen LogP contribution is -2.40. The summed E-state index contributed by atoms with van der Waals surface area (Å²) in [5.74, 6) is -0.326. The van der Waals surface area contributed by atoms with Crippen molar-refractivity contribution in [1.82, 2.24) is 4.90 Å². The Balaban J connectivity index is 1.46. The van der Waals surface area contributed by atoms with Crippen LogP contribution in [0.4, 0.5) is 0 Å². The number of halogens is 1. The summed E-state index contributed by atoms with van der Waals surface area (Å²) in [6.45, 7) is 0. The Morgan fingerprint density at radius 3 is 2.47 bits per heavy atom. The Morgan fingerprint density at radius 1 is 0.933 bits per heavy atom. The molecule has 148 valence electrons. The lowest BCUT2D eigenvalue weighted by molar-refractivity contribution is -0.133. The van der Waals surface area contributed by atoms with Crippen molar-refractivity contribution >= 4 is 23.2 Å². The van der Waals surface area contributed by atoms with E-state index in [0.29, 0.717) is 10.7 Å². The van der Waals surface area contributed by atoms with E-state index in [1.807, 2.05) is 53.4 Å². The molecule has 30 heavy (non-hydrogen) atoms. The van der Waals surface area contributed by atoms with Crippen molar-refractivity contribution < 1.29 is 9.63 Å². The number of benzene rings is 3. The number of carbonyl (C=O) groups excluding carboxylic acids is 1. The zero-order valence-corrected chi connectivity index (χ0v) is 16.9. The van der Waals surface area contributed by atoms with Gasteiger partial charge in [-0.3, -0.25) is 4.79 Å². The molecule has 0 aliphatic carbocycles. The van der Waals surface area contributed by atoms with Crippen LogP contribution in [0.5, 0.6) is 0 Å². The monoisotopic (exact) mass is 414 g/mol. The van der Waals surface area contributed by atoms with E-state index in [-0.39, 0.29) is 24.1 Å². The minimum absolute atomic E-state index is 0.0146. The zero-order valence-electron chi connectivity index (χ0n) is 16.1. The minimum Gasteiger partial charge on any atom is -0.388 e. The molecule has 0 radical (unpaired) electrons. The van der Waals surface area contributed by atoms with Gasteiger partial charge in [0.25, 0.3) is 0 Å². The molecule has 0 spiro atoms. The van der Waals surface area contributed by atoms with E-state index in [9.17, 15) is 4.79 Å². The van der Waals surface area contributed by atoms with Crippen LogP contribution in [0.15, 0.2) is 84.0 Å². The molecule has 1 amide bonds. The molecule has 0 N–H and O–H groups in total. The highest BCUT2D eigenvalue weighted by Gasteiger charge is 2.59. The van der Waals surface area contributed by atoms with E-state index in [4.69, 9.17) is 16.4 Å². The van der Waals surface area contributed by atoms with Crippen LogP contribution in [0.3, 0.4) is 0 Å². The average molecular weight is 415 g/mol. The highest BCUT2D eigenvalue weighted by Crippen LogP contribution is 2.51. The number of rotatable bonds is 2. The molecule has 3 aromatic carbocycles. The maximum absolute atomic E-state index is 13.8. The summed E-state index contributed by atoms with van der Waals surface area (Å²) >= 11 is 6.05. The van der Waals surface area contributed by atoms with Crippen LogP contribution < -0.4 is 0 Å². The predicted octanol–water partition coefficient (Wildman–Crippen LogP) is 4.94. The molecule has 3 aromatic rings. The quantitative estimate of drug-likeness (QED) is 0.596. The fourth-order valence-corrected chi connectivity index (χ4v) is 5.27. The fraction of sp³-hybridized carbons (Fsp3) is 0.200. The van der Waals surface area contributed by atoms with Gasteiger partial charge in [0.2, 0.25) is 5.91 Å². The molecule has 4 atom stereocenters. The molecule has 5 heteroatoms. The van der Waals surface area contributed by atoms with Crippen molar-refractivity contribution in [1.29, 1.82) is 0 Å². The first-order valence-corrected chi connectivity index (χ1v) is 10.5. The van der Waals surface area contributed by atoms with Crippen LogP contribution in [0.1, 0.15) is 34.3 Å². The van der Waals surface area contributed by atoms with Crippen LogP contribution in [-0.2, 0) is 16.1 Å². The maximum Gasteiger partial charge on any atom is 0.237 e. The summed E-state index contributed by atoms with van der Waals surface area (Å²) in [6, 6.07) is 25.9. The van der Waals surface area contributed by atoms with Gasteiger partial charge in [-0.1, -0.05) is 83.5 Å². The third-order valence-corrected chi connectivity index (χ3v) is 6.73. The number of hydrogen-bond acceptors (Lipinski definition) is 3. The average Bonchev–Trinajstić information content (AvgIpc) is 3.34. The smallest absolute Gasteiger partial charge is 0.237 e. The summed E-state index contributed by atoms with van der Waals surface area (Å²) in [7, 11) is 0. The lowest BCUT2D eigenvalue weighted by Gasteiger charge is -2.40. The van der Waals surface area contributed by atoms with Crippen molar-refractivity contribution in [3.05, 3.63) is 106 Å². The van der Waals surface area contributed by atoms with Crippen LogP contribution in [0.25, 0.3) is 0 Å². The first kappa shape index (κ1) is 17.7. The topological polar surface area (TPSA) is 41.9 Å². The Labute approximate surface area is 179 Å². The van der Waals surface area contributed by atoms with Crippen molar-refractivity contribution in [2.75, 3.05) is 0 Å². The number of nitrogens with zero attached hydrogens (tertiary/aromatic N) is 2. The van der Waals surface area contributed by atoms with E-state index in [0.717, 1.165) is 23.1 Å². The van der Waals surface area contributed by atoms with E-state index in [1.54, 1.807) is 0 Å². The van der Waals surface area contributed by atoms with Gasteiger partial charge in [0.05, 0.1) is 12.1 Å². The van der Waals surface area contributed by atoms with E-state index in [1.165, 1.54) is 5.56 Å². The molecule has 6 rings (SSSR count). The van der Waals surface area contributed by atoms with Gasteiger partial charge < -0.3 is 9.74 Å². The van der Waals surface area contributed by atoms with Crippen LogP contribution >= 0.6 is 11.6 Å². The van der Waals surface area contributed by atoms with E-state index >= 15 is 0 Å². The van der Waals surface area contributed by atoms with Crippen molar-refractivity contribution in [3.63, 3.8) is 0 Å². The second-order valence-electron chi connectivity index (χ2n) is 8.05. The molecule has 1 saturated heterocycles. The standard InChI is InChI=1S/C25H19ClN2O2/c26-18-12-10-16(11-13-18)22-21-24(30-27-22)23-19-9-5-4-8-17(19)14-20(28(23)25(21)29)15-6-2-1-3-7-15/h1-13,20-21,23-24H,14H2/t20-,21-,23-,24+/m0/s1. The Bertz CT molecular complexity index is 1160. The highest BCUT2D eigenvalue weighted by atomic mass is 35.5. The first-order valence-electron chi connectivity index (χ1n) is 10.2. The van der Waals surface area contributed by atoms with Gasteiger partial charge in [-0.25, -0.2) is 0 Å². The van der Waals surface area contributed by atoms with Gasteiger partial charge in [0, 0.05) is 10.6 Å². The largest absolute Gasteiger partial charge is 0.388 e. The lowest BCUT2D eigenvalue weighted by atomic mass is 9.84. The van der Waals surface area contributed by atoms with Crippen molar-refractivity contribution in [2.24, 2.45) is 11.1 Å². The molecular formula is C25H19ClN2O2. The molecule has 4 nitrogen and oxygen atoms in total. The number of amides is 1. The molecule has 3 aliphatic heterocycles. The molecular weight excluding hydrogens is 396 g/mol. The van der Waals surface area contributed by atoms with Crippen LogP contribution in [-0.4, -0.2) is 22.6 Å². The molecule has 3 heterocycles. The van der Waals surface area contributed by atoms with Crippen molar-refractivity contribution in [3.8, 4) is 0 Å². The Hall–Kier alpha value is -3.11. The summed E-state index contributed by atoms with van der Waals surface area (Å²) in [4.78, 5) is 21.8. The molecule has 0 unspecified atom stereocenters. The third kappa shape index (κ3) is 2.53. The number of hydrogen-bond donors (Lipinski definition) is 0. The van der Waals surface area contributed by atoms with Crippen molar-refractivity contribution in [2.45, 2.75) is 24.6 Å². The second kappa shape index (κ2) is 6.71. The number of oxime groups is 1. The summed E-state index contributed by atoms with van der Waals surface area (Å²) in [6.07, 6.45) is 0.478. The van der Waals surface area contributed by atoms with Crippen LogP contribution in [0.2, 0.25) is 5.02 Å².